The van der Waals surface area contributed by atoms with Crippen molar-refractivity contribution in [2.24, 2.45) is 11.7 Å². The molecule has 2 aliphatic carbocycles. The number of amides is 2. The van der Waals surface area contributed by atoms with Gasteiger partial charge >= 0.3 is 0 Å². The minimum atomic E-state index is -1.58. The van der Waals surface area contributed by atoms with Crippen LogP contribution >= 0.6 is 0 Å². The van der Waals surface area contributed by atoms with Crippen LogP contribution in [0.25, 0.3) is 16.9 Å². The molecule has 0 radical (unpaired) electrons. The second-order valence-corrected chi connectivity index (χ2v) is 12.8. The number of pyridine rings is 2. The van der Waals surface area contributed by atoms with E-state index in [0.717, 1.165) is 44.2 Å². The first kappa shape index (κ1) is 29.2. The second-order valence-electron chi connectivity index (χ2n) is 12.8. The summed E-state index contributed by atoms with van der Waals surface area (Å²) in [5, 5.41) is 15.5. The molecule has 4 aromatic rings. The molecular weight excluding hydrogens is 577 g/mol. The number of fused-ring (bicyclic) bond motifs is 2. The van der Waals surface area contributed by atoms with E-state index in [0.29, 0.717) is 51.1 Å². The number of hydrogen-bond donors (Lipinski definition) is 3. The number of methoxy groups -OCH3 is 1. The van der Waals surface area contributed by atoms with E-state index in [1.54, 1.807) is 44.5 Å². The Morgan fingerprint density at radius 2 is 1.89 bits per heavy atom. The van der Waals surface area contributed by atoms with Crippen LogP contribution in [0.1, 0.15) is 78.7 Å². The summed E-state index contributed by atoms with van der Waals surface area (Å²) in [5.41, 5.74) is 6.82. The Morgan fingerprint density at radius 3 is 2.56 bits per heavy atom. The number of aliphatic hydroxyl groups is 1. The SMILES string of the molecule is COc1cc(C(=O)NCC(O)(c2cc3c(c(-c4ccc(F)cc4)n2)OC[C@]3(C)C(N)=O)C2CCCC2)cn2cc(C3CC3)nc12. The average Bonchev–Trinajstić information content (AvgIpc) is 3.40. The number of ether oxygens (including phenoxy) is 2. The Morgan fingerprint density at radius 1 is 1.16 bits per heavy atom. The third-order valence-corrected chi connectivity index (χ3v) is 9.74. The first-order valence-corrected chi connectivity index (χ1v) is 15.4. The van der Waals surface area contributed by atoms with Crippen LogP contribution in [0.2, 0.25) is 0 Å². The normalized spacial score (nSPS) is 20.9. The van der Waals surface area contributed by atoms with E-state index in [1.165, 1.54) is 12.1 Å². The molecule has 3 aliphatic rings. The van der Waals surface area contributed by atoms with E-state index in [1.807, 2.05) is 10.6 Å². The lowest BCUT2D eigenvalue weighted by Crippen LogP contribution is -2.46. The lowest BCUT2D eigenvalue weighted by molar-refractivity contribution is -0.123. The fraction of sp³-hybridized carbons (Fsp3) is 0.412. The Kier molecular flexibility index (Phi) is 7.03. The smallest absolute Gasteiger partial charge is 0.253 e. The van der Waals surface area contributed by atoms with Crippen molar-refractivity contribution in [3.8, 4) is 22.8 Å². The van der Waals surface area contributed by atoms with Crippen LogP contribution in [0, 0.1) is 11.7 Å². The summed E-state index contributed by atoms with van der Waals surface area (Å²) in [6, 6.07) is 9.14. The van der Waals surface area contributed by atoms with E-state index in [4.69, 9.17) is 25.2 Å². The van der Waals surface area contributed by atoms with Crippen LogP contribution in [0.15, 0.2) is 48.8 Å². The van der Waals surface area contributed by atoms with Crippen molar-refractivity contribution in [2.75, 3.05) is 20.3 Å². The Bertz CT molecular complexity index is 1810. The molecule has 1 unspecified atom stereocenters. The number of hydrogen-bond acceptors (Lipinski definition) is 7. The van der Waals surface area contributed by atoms with E-state index < -0.39 is 28.6 Å². The molecule has 4 N–H and O–H groups in total. The van der Waals surface area contributed by atoms with Gasteiger partial charge in [0.15, 0.2) is 11.4 Å². The van der Waals surface area contributed by atoms with Gasteiger partial charge in [0.25, 0.3) is 5.91 Å². The molecule has 11 heteroatoms. The van der Waals surface area contributed by atoms with Gasteiger partial charge in [-0.05, 0) is 74.9 Å². The van der Waals surface area contributed by atoms with E-state index in [2.05, 4.69) is 5.32 Å². The monoisotopic (exact) mass is 613 g/mol. The Balaban J connectivity index is 1.28. The lowest BCUT2D eigenvalue weighted by Gasteiger charge is -2.35. The summed E-state index contributed by atoms with van der Waals surface area (Å²) in [6.07, 6.45) is 9.18. The number of nitrogens with two attached hydrogens (primary N) is 1. The predicted octanol–water partition coefficient (Wildman–Crippen LogP) is 4.36. The number of rotatable bonds is 9. The van der Waals surface area contributed by atoms with Crippen molar-refractivity contribution in [3.63, 3.8) is 0 Å². The first-order chi connectivity index (χ1) is 21.6. The molecule has 2 atom stereocenters. The summed E-state index contributed by atoms with van der Waals surface area (Å²) < 4.78 is 27.2. The maximum atomic E-state index is 13.9. The van der Waals surface area contributed by atoms with Crippen molar-refractivity contribution in [1.29, 1.82) is 0 Å². The summed E-state index contributed by atoms with van der Waals surface area (Å²) in [7, 11) is 1.54. The number of nitrogens with one attached hydrogen (secondary N) is 1. The molecule has 7 rings (SSSR count). The predicted molar refractivity (Wildman–Crippen MR) is 164 cm³/mol. The molecule has 3 aromatic heterocycles. The molecule has 45 heavy (non-hydrogen) atoms. The van der Waals surface area contributed by atoms with Crippen molar-refractivity contribution in [2.45, 2.75) is 62.4 Å². The van der Waals surface area contributed by atoms with Crippen LogP contribution in [-0.2, 0) is 15.8 Å². The van der Waals surface area contributed by atoms with Crippen molar-refractivity contribution in [1.82, 2.24) is 19.7 Å². The third kappa shape index (κ3) is 4.99. The summed E-state index contributed by atoms with van der Waals surface area (Å²) in [4.78, 5) is 35.9. The van der Waals surface area contributed by atoms with Gasteiger partial charge in [0, 0.05) is 29.4 Å². The molecule has 1 aliphatic heterocycles. The summed E-state index contributed by atoms with van der Waals surface area (Å²) in [5.74, 6) is -0.290. The molecule has 0 bridgehead atoms. The molecule has 4 heterocycles. The van der Waals surface area contributed by atoms with Crippen LogP contribution in [-0.4, -0.2) is 51.6 Å². The minimum Gasteiger partial charge on any atom is -0.493 e. The highest BCUT2D eigenvalue weighted by Gasteiger charge is 2.47. The van der Waals surface area contributed by atoms with Crippen molar-refractivity contribution >= 4 is 17.5 Å². The molecular formula is C34H36FN5O5. The zero-order chi connectivity index (χ0) is 31.5. The lowest BCUT2D eigenvalue weighted by atomic mass is 9.78. The summed E-state index contributed by atoms with van der Waals surface area (Å²) in [6.45, 7) is 1.58. The number of carbonyl (C=O) groups is 2. The number of primary amides is 1. The van der Waals surface area contributed by atoms with Crippen LogP contribution in [0.4, 0.5) is 4.39 Å². The number of aromatic nitrogens is 3. The highest BCUT2D eigenvalue weighted by Crippen LogP contribution is 2.48. The van der Waals surface area contributed by atoms with Gasteiger partial charge in [0.1, 0.15) is 34.9 Å². The van der Waals surface area contributed by atoms with Gasteiger partial charge in [-0.1, -0.05) is 12.8 Å². The van der Waals surface area contributed by atoms with E-state index in [-0.39, 0.29) is 19.1 Å². The van der Waals surface area contributed by atoms with E-state index in [9.17, 15) is 19.1 Å². The number of carbonyl (C=O) groups excluding carboxylic acids is 2. The fourth-order valence-electron chi connectivity index (χ4n) is 6.71. The largest absolute Gasteiger partial charge is 0.493 e. The topological polar surface area (TPSA) is 141 Å². The Labute approximate surface area is 259 Å². The van der Waals surface area contributed by atoms with Crippen LogP contribution < -0.4 is 20.5 Å². The number of nitrogens with zero attached hydrogens (tertiary/aromatic N) is 3. The first-order valence-electron chi connectivity index (χ1n) is 15.4. The highest BCUT2D eigenvalue weighted by atomic mass is 19.1. The van der Waals surface area contributed by atoms with E-state index >= 15 is 0 Å². The molecule has 2 amide bonds. The molecule has 0 spiro atoms. The number of imidazole rings is 1. The second kappa shape index (κ2) is 10.8. The number of halogens is 1. The van der Waals surface area contributed by atoms with Crippen LogP contribution in [0.3, 0.4) is 0 Å². The van der Waals surface area contributed by atoms with Crippen LogP contribution in [0.5, 0.6) is 11.5 Å². The quantitative estimate of drug-likeness (QED) is 0.255. The minimum absolute atomic E-state index is 0.0105. The fourth-order valence-corrected chi connectivity index (χ4v) is 6.71. The molecule has 10 nitrogen and oxygen atoms in total. The molecule has 1 aromatic carbocycles. The standard InChI is InChI=1S/C34H36FN5O5/c1-33(32(36)42)18-45-29-24(33)14-27(39-28(29)20-9-11-23(35)12-10-20)34(43,22-5-3-4-6-22)17-37-31(41)21-13-26(44-2)30-38-25(19-7-8-19)16-40(30)15-21/h9-16,19,22,43H,3-8,17-18H2,1-2H3,(H2,36,42)(H,37,41)/t33-,34?/m0/s1. The third-order valence-electron chi connectivity index (χ3n) is 9.74. The Hall–Kier alpha value is -4.51. The van der Waals surface area contributed by atoms with Gasteiger partial charge in [-0.15, -0.1) is 0 Å². The van der Waals surface area contributed by atoms with Gasteiger partial charge in [-0.2, -0.15) is 0 Å². The van der Waals surface area contributed by atoms with Gasteiger partial charge in [0.2, 0.25) is 5.91 Å². The number of benzene rings is 1. The van der Waals surface area contributed by atoms with Gasteiger partial charge in [0.05, 0.1) is 30.6 Å². The molecule has 234 valence electrons. The average molecular weight is 614 g/mol. The van der Waals surface area contributed by atoms with Crippen molar-refractivity contribution in [3.05, 3.63) is 77.1 Å². The van der Waals surface area contributed by atoms with Crippen molar-refractivity contribution < 1.29 is 28.6 Å². The highest BCUT2D eigenvalue weighted by molar-refractivity contribution is 5.95. The summed E-state index contributed by atoms with van der Waals surface area (Å²) >= 11 is 0. The molecule has 2 fully saturated rings. The molecule has 0 saturated heterocycles. The van der Waals surface area contributed by atoms with Gasteiger partial charge in [-0.25, -0.2) is 14.4 Å². The maximum absolute atomic E-state index is 13.9. The zero-order valence-corrected chi connectivity index (χ0v) is 25.3. The van der Waals surface area contributed by atoms with Gasteiger partial charge < -0.3 is 30.0 Å². The zero-order valence-electron chi connectivity index (χ0n) is 25.3. The molecule has 2 saturated carbocycles. The van der Waals surface area contributed by atoms with Gasteiger partial charge in [-0.3, -0.25) is 9.59 Å². The maximum Gasteiger partial charge on any atom is 0.253 e.